The number of amides is 2. The number of carbonyl (C=O) groups excluding carboxylic acids is 2. The Hall–Kier alpha value is -3.56. The molecule has 0 fully saturated rings. The number of hydrogen-bond acceptors (Lipinski definition) is 7. The summed E-state index contributed by atoms with van der Waals surface area (Å²) in [6.45, 7) is 3.55. The Labute approximate surface area is 228 Å². The highest BCUT2D eigenvalue weighted by Gasteiger charge is 2.23. The molecule has 0 unspecified atom stereocenters. The maximum atomic E-state index is 13.7. The minimum Gasteiger partial charge on any atom is -0.497 e. The van der Waals surface area contributed by atoms with Gasteiger partial charge in [-0.3, -0.25) is 9.59 Å². The highest BCUT2D eigenvalue weighted by Crippen LogP contribution is 2.28. The molecule has 204 valence electrons. The number of methoxy groups -OCH3 is 4. The zero-order chi connectivity index (χ0) is 27.5. The van der Waals surface area contributed by atoms with Crippen molar-refractivity contribution in [2.24, 2.45) is 0 Å². The third-order valence-electron chi connectivity index (χ3n) is 6.27. The van der Waals surface area contributed by atoms with Gasteiger partial charge in [0.1, 0.15) is 12.3 Å². The lowest BCUT2D eigenvalue weighted by Crippen LogP contribution is -2.44. The van der Waals surface area contributed by atoms with Crippen molar-refractivity contribution in [1.29, 1.82) is 0 Å². The van der Waals surface area contributed by atoms with Crippen LogP contribution in [0.3, 0.4) is 0 Å². The summed E-state index contributed by atoms with van der Waals surface area (Å²) >= 11 is 1.62. The van der Waals surface area contributed by atoms with E-state index < -0.39 is 0 Å². The van der Waals surface area contributed by atoms with Crippen LogP contribution in [0.4, 0.5) is 0 Å². The highest BCUT2D eigenvalue weighted by molar-refractivity contribution is 7.10. The molecule has 2 aromatic carbocycles. The first-order valence-electron chi connectivity index (χ1n) is 12.3. The molecule has 0 radical (unpaired) electrons. The number of hydrogen-bond donors (Lipinski definition) is 0. The highest BCUT2D eigenvalue weighted by atomic mass is 32.1. The second-order valence-electron chi connectivity index (χ2n) is 8.73. The van der Waals surface area contributed by atoms with Gasteiger partial charge in [0, 0.05) is 30.6 Å². The summed E-state index contributed by atoms with van der Waals surface area (Å²) in [6.07, 6.45) is 0.623. The number of ether oxygens (including phenoxy) is 4. The minimum atomic E-state index is -0.249. The Morgan fingerprint density at radius 3 is 2.32 bits per heavy atom. The maximum absolute atomic E-state index is 13.7. The fraction of sp³-hybridized carbons (Fsp3) is 0.379. The van der Waals surface area contributed by atoms with Crippen LogP contribution >= 0.6 is 11.3 Å². The van der Waals surface area contributed by atoms with Crippen LogP contribution in [0.1, 0.15) is 26.4 Å². The monoisotopic (exact) mass is 540 g/mol. The first-order chi connectivity index (χ1) is 18.4. The van der Waals surface area contributed by atoms with Crippen molar-refractivity contribution in [2.75, 3.05) is 54.7 Å². The first-order valence-corrected chi connectivity index (χ1v) is 13.2. The molecule has 0 bridgehead atoms. The van der Waals surface area contributed by atoms with Gasteiger partial charge in [-0.25, -0.2) is 0 Å². The Kier molecular flexibility index (Phi) is 11.0. The number of benzene rings is 2. The van der Waals surface area contributed by atoms with Crippen molar-refractivity contribution in [3.63, 3.8) is 0 Å². The summed E-state index contributed by atoms with van der Waals surface area (Å²) in [5, 5.41) is 2.03. The van der Waals surface area contributed by atoms with E-state index in [0.717, 1.165) is 16.0 Å². The molecule has 2 amide bonds. The molecule has 38 heavy (non-hydrogen) atoms. The van der Waals surface area contributed by atoms with E-state index in [2.05, 4.69) is 0 Å². The van der Waals surface area contributed by atoms with Crippen molar-refractivity contribution >= 4 is 23.2 Å². The third kappa shape index (κ3) is 7.72. The van der Waals surface area contributed by atoms with Crippen LogP contribution in [0, 0.1) is 6.92 Å². The molecule has 0 aliphatic carbocycles. The molecule has 9 heteroatoms. The Bertz CT molecular complexity index is 1210. The Balaban J connectivity index is 1.81. The van der Waals surface area contributed by atoms with Crippen LogP contribution in [0.25, 0.3) is 0 Å². The number of nitrogens with zero attached hydrogens (tertiary/aromatic N) is 2. The first kappa shape index (κ1) is 29.0. The molecule has 0 aliphatic heterocycles. The van der Waals surface area contributed by atoms with Gasteiger partial charge < -0.3 is 28.7 Å². The minimum absolute atomic E-state index is 0.0598. The fourth-order valence-electron chi connectivity index (χ4n) is 3.99. The van der Waals surface area contributed by atoms with Gasteiger partial charge in [-0.15, -0.1) is 11.3 Å². The standard InChI is InChI=1S/C29H36N2O6S/c1-21-12-16-38-27(21)19-30(13-11-22-9-10-25(36-4)26(17-22)37-5)28(32)20-31(14-15-34-2)29(33)23-7-6-8-24(18-23)35-3/h6-10,12,16-18H,11,13-15,19-20H2,1-5H3. The smallest absolute Gasteiger partial charge is 0.254 e. The lowest BCUT2D eigenvalue weighted by molar-refractivity contribution is -0.132. The molecule has 3 rings (SSSR count). The van der Waals surface area contributed by atoms with Crippen LogP contribution in [-0.2, 0) is 22.5 Å². The molecule has 0 spiro atoms. The Morgan fingerprint density at radius 2 is 1.66 bits per heavy atom. The molecule has 3 aromatic rings. The predicted molar refractivity (Wildman–Crippen MR) is 148 cm³/mol. The normalized spacial score (nSPS) is 10.7. The summed E-state index contributed by atoms with van der Waals surface area (Å²) in [5.41, 5.74) is 2.62. The van der Waals surface area contributed by atoms with Gasteiger partial charge in [-0.1, -0.05) is 12.1 Å². The van der Waals surface area contributed by atoms with Crippen LogP contribution in [0.2, 0.25) is 0 Å². The van der Waals surface area contributed by atoms with Gasteiger partial charge in [0.05, 0.1) is 34.5 Å². The van der Waals surface area contributed by atoms with Crippen molar-refractivity contribution in [3.05, 3.63) is 75.5 Å². The van der Waals surface area contributed by atoms with Crippen molar-refractivity contribution in [3.8, 4) is 17.2 Å². The number of carbonyl (C=O) groups is 2. The second-order valence-corrected chi connectivity index (χ2v) is 9.73. The van der Waals surface area contributed by atoms with Crippen molar-refractivity contribution in [2.45, 2.75) is 19.9 Å². The number of aryl methyl sites for hydroxylation is 1. The van der Waals surface area contributed by atoms with Gasteiger partial charge in [0.25, 0.3) is 5.91 Å². The van der Waals surface area contributed by atoms with E-state index in [1.807, 2.05) is 41.5 Å². The second kappa shape index (κ2) is 14.4. The third-order valence-corrected chi connectivity index (χ3v) is 7.28. The number of thiophene rings is 1. The van der Waals surface area contributed by atoms with Gasteiger partial charge >= 0.3 is 0 Å². The van der Waals surface area contributed by atoms with E-state index >= 15 is 0 Å². The largest absolute Gasteiger partial charge is 0.497 e. The molecule has 8 nitrogen and oxygen atoms in total. The molecule has 1 aromatic heterocycles. The molecule has 1 heterocycles. The van der Waals surface area contributed by atoms with E-state index in [-0.39, 0.29) is 18.4 Å². The molecule has 0 atom stereocenters. The lowest BCUT2D eigenvalue weighted by Gasteiger charge is -2.28. The molecule has 0 saturated heterocycles. The predicted octanol–water partition coefficient (Wildman–Crippen LogP) is 4.44. The van der Waals surface area contributed by atoms with Crippen LogP contribution in [-0.4, -0.2) is 76.3 Å². The summed E-state index contributed by atoms with van der Waals surface area (Å²) in [4.78, 5) is 31.5. The van der Waals surface area contributed by atoms with Gasteiger partial charge in [0.2, 0.25) is 5.91 Å². The fourth-order valence-corrected chi connectivity index (χ4v) is 4.91. The molecule has 0 aliphatic rings. The summed E-state index contributed by atoms with van der Waals surface area (Å²) in [6, 6.07) is 14.7. The lowest BCUT2D eigenvalue weighted by atomic mass is 10.1. The summed E-state index contributed by atoms with van der Waals surface area (Å²) in [7, 11) is 6.33. The van der Waals surface area contributed by atoms with Crippen LogP contribution in [0.5, 0.6) is 17.2 Å². The summed E-state index contributed by atoms with van der Waals surface area (Å²) in [5.74, 6) is 1.50. The average molecular weight is 541 g/mol. The van der Waals surface area contributed by atoms with E-state index in [1.54, 1.807) is 64.0 Å². The average Bonchev–Trinajstić information content (AvgIpc) is 3.36. The molecular weight excluding hydrogens is 504 g/mol. The quantitative estimate of drug-likeness (QED) is 0.301. The van der Waals surface area contributed by atoms with Crippen molar-refractivity contribution in [1.82, 2.24) is 9.80 Å². The Morgan fingerprint density at radius 1 is 0.868 bits per heavy atom. The SMILES string of the molecule is COCCN(CC(=O)N(CCc1ccc(OC)c(OC)c1)Cc1sccc1C)C(=O)c1cccc(OC)c1. The topological polar surface area (TPSA) is 77.5 Å². The molecular formula is C29H36N2O6S. The van der Waals surface area contributed by atoms with E-state index in [4.69, 9.17) is 18.9 Å². The van der Waals surface area contributed by atoms with Gasteiger partial charge in [0.15, 0.2) is 11.5 Å². The van der Waals surface area contributed by atoms with E-state index in [1.165, 1.54) is 4.90 Å². The van der Waals surface area contributed by atoms with E-state index in [9.17, 15) is 9.59 Å². The maximum Gasteiger partial charge on any atom is 0.254 e. The van der Waals surface area contributed by atoms with Gasteiger partial charge in [-0.2, -0.15) is 0 Å². The van der Waals surface area contributed by atoms with E-state index in [0.29, 0.717) is 55.5 Å². The van der Waals surface area contributed by atoms with Crippen molar-refractivity contribution < 1.29 is 28.5 Å². The van der Waals surface area contributed by atoms with Crippen LogP contribution in [0.15, 0.2) is 53.9 Å². The summed E-state index contributed by atoms with van der Waals surface area (Å²) < 4.78 is 21.3. The van der Waals surface area contributed by atoms with Gasteiger partial charge in [-0.05, 0) is 66.2 Å². The molecule has 0 N–H and O–H groups in total. The number of rotatable bonds is 14. The zero-order valence-electron chi connectivity index (χ0n) is 22.7. The molecule has 0 saturated carbocycles. The zero-order valence-corrected chi connectivity index (χ0v) is 23.5. The van der Waals surface area contributed by atoms with Crippen LogP contribution < -0.4 is 14.2 Å².